The van der Waals surface area contributed by atoms with Crippen LogP contribution in [0, 0.1) is 6.92 Å². The minimum absolute atomic E-state index is 0. The van der Waals surface area contributed by atoms with Crippen molar-refractivity contribution in [2.24, 2.45) is 0 Å². The molecule has 2 aliphatic rings. The molecule has 2 saturated heterocycles. The van der Waals surface area contributed by atoms with Crippen LogP contribution in [0.1, 0.15) is 12.1 Å². The van der Waals surface area contributed by atoms with E-state index in [0.29, 0.717) is 17.7 Å². The lowest BCUT2D eigenvalue weighted by Crippen LogP contribution is -2.52. The van der Waals surface area contributed by atoms with Gasteiger partial charge in [-0.1, -0.05) is 0 Å². The van der Waals surface area contributed by atoms with E-state index in [4.69, 9.17) is 0 Å². The molecule has 2 aliphatic heterocycles. The number of aromatic nitrogens is 1. The molecule has 22 heavy (non-hydrogen) atoms. The number of aryl methyl sites for hydroxylation is 1. The fraction of sp³-hybridized carbons (Fsp3) is 0.714. The van der Waals surface area contributed by atoms with Crippen LogP contribution >= 0.6 is 23.7 Å². The van der Waals surface area contributed by atoms with Gasteiger partial charge in [0, 0.05) is 44.1 Å². The van der Waals surface area contributed by atoms with Crippen molar-refractivity contribution in [3.05, 3.63) is 11.1 Å². The van der Waals surface area contributed by atoms with Crippen LogP contribution in [0.4, 0.5) is 5.13 Å². The van der Waals surface area contributed by atoms with Crippen LogP contribution in [0.25, 0.3) is 0 Å². The summed E-state index contributed by atoms with van der Waals surface area (Å²) in [7, 11) is 0. The fourth-order valence-corrected chi connectivity index (χ4v) is 3.72. The number of nitrogens with zero attached hydrogens (tertiary/aromatic N) is 3. The van der Waals surface area contributed by atoms with Gasteiger partial charge >= 0.3 is 0 Å². The number of piperazine rings is 1. The number of rotatable bonds is 4. The molecule has 0 aromatic carbocycles. The number of nitrogens with one attached hydrogen (secondary N) is 2. The highest BCUT2D eigenvalue weighted by Gasteiger charge is 2.26. The number of amides is 1. The van der Waals surface area contributed by atoms with Gasteiger partial charge in [0.15, 0.2) is 5.13 Å². The average molecular weight is 346 g/mol. The monoisotopic (exact) mass is 345 g/mol. The SMILES string of the molecule is Cc1csc(NC(=O)CN2CCN(C3CCNC3)CC2)n1.Cl. The molecular formula is C14H24ClN5OS. The summed E-state index contributed by atoms with van der Waals surface area (Å²) in [4.78, 5) is 21.1. The van der Waals surface area contributed by atoms with E-state index in [2.05, 4.69) is 25.4 Å². The van der Waals surface area contributed by atoms with E-state index in [1.54, 1.807) is 0 Å². The largest absolute Gasteiger partial charge is 0.315 e. The molecule has 3 heterocycles. The maximum absolute atomic E-state index is 12.0. The zero-order valence-electron chi connectivity index (χ0n) is 12.9. The molecule has 0 bridgehead atoms. The first-order chi connectivity index (χ1) is 10.2. The summed E-state index contributed by atoms with van der Waals surface area (Å²) in [5.41, 5.74) is 0.953. The van der Waals surface area contributed by atoms with Crippen LogP contribution in [0.3, 0.4) is 0 Å². The Morgan fingerprint density at radius 1 is 1.45 bits per heavy atom. The quantitative estimate of drug-likeness (QED) is 0.845. The first-order valence-corrected chi connectivity index (χ1v) is 8.48. The Balaban J connectivity index is 0.00000176. The summed E-state index contributed by atoms with van der Waals surface area (Å²) in [6, 6.07) is 0.694. The molecule has 0 aliphatic carbocycles. The van der Waals surface area contributed by atoms with E-state index in [-0.39, 0.29) is 18.3 Å². The van der Waals surface area contributed by atoms with Crippen molar-refractivity contribution in [3.8, 4) is 0 Å². The third-order valence-corrected chi connectivity index (χ3v) is 5.07. The van der Waals surface area contributed by atoms with Crippen molar-refractivity contribution >= 4 is 34.8 Å². The lowest BCUT2D eigenvalue weighted by Gasteiger charge is -2.37. The molecular weight excluding hydrogens is 322 g/mol. The highest BCUT2D eigenvalue weighted by Crippen LogP contribution is 2.15. The van der Waals surface area contributed by atoms with Gasteiger partial charge in [-0.15, -0.1) is 23.7 Å². The smallest absolute Gasteiger partial charge is 0.240 e. The number of carbonyl (C=O) groups is 1. The molecule has 0 radical (unpaired) electrons. The molecule has 2 N–H and O–H groups in total. The number of hydrogen-bond acceptors (Lipinski definition) is 6. The zero-order chi connectivity index (χ0) is 14.7. The predicted octanol–water partition coefficient (Wildman–Crippen LogP) is 0.791. The lowest BCUT2D eigenvalue weighted by atomic mass is 10.2. The summed E-state index contributed by atoms with van der Waals surface area (Å²) in [5, 5.41) is 8.95. The van der Waals surface area contributed by atoms with E-state index in [1.165, 1.54) is 17.8 Å². The Hall–Kier alpha value is -0.730. The van der Waals surface area contributed by atoms with E-state index in [0.717, 1.165) is 45.0 Å². The topological polar surface area (TPSA) is 60.5 Å². The van der Waals surface area contributed by atoms with Crippen LogP contribution in [-0.4, -0.2) is 72.5 Å². The zero-order valence-corrected chi connectivity index (χ0v) is 14.5. The van der Waals surface area contributed by atoms with Crippen molar-refractivity contribution in [2.75, 3.05) is 51.1 Å². The van der Waals surface area contributed by atoms with Crippen molar-refractivity contribution in [1.29, 1.82) is 0 Å². The molecule has 3 rings (SSSR count). The van der Waals surface area contributed by atoms with Gasteiger partial charge in [-0.25, -0.2) is 4.98 Å². The summed E-state index contributed by atoms with van der Waals surface area (Å²) >= 11 is 1.48. The Morgan fingerprint density at radius 2 is 2.23 bits per heavy atom. The minimum atomic E-state index is 0. The molecule has 1 amide bonds. The highest BCUT2D eigenvalue weighted by atomic mass is 35.5. The van der Waals surface area contributed by atoms with Crippen molar-refractivity contribution in [1.82, 2.24) is 20.1 Å². The fourth-order valence-electron chi connectivity index (χ4n) is 3.01. The second kappa shape index (κ2) is 8.21. The number of hydrogen-bond donors (Lipinski definition) is 2. The van der Waals surface area contributed by atoms with Gasteiger partial charge in [0.05, 0.1) is 12.2 Å². The highest BCUT2D eigenvalue weighted by molar-refractivity contribution is 7.13. The molecule has 6 nitrogen and oxygen atoms in total. The van der Waals surface area contributed by atoms with Crippen LogP contribution in [0.15, 0.2) is 5.38 Å². The van der Waals surface area contributed by atoms with Crippen LogP contribution in [0.5, 0.6) is 0 Å². The molecule has 0 spiro atoms. The van der Waals surface area contributed by atoms with Gasteiger partial charge in [-0.2, -0.15) is 0 Å². The molecule has 124 valence electrons. The summed E-state index contributed by atoms with van der Waals surface area (Å²) in [5.74, 6) is 0.0420. The summed E-state index contributed by atoms with van der Waals surface area (Å²) in [6.45, 7) is 8.73. The maximum Gasteiger partial charge on any atom is 0.240 e. The molecule has 1 atom stereocenters. The van der Waals surface area contributed by atoms with Gasteiger partial charge in [-0.05, 0) is 19.9 Å². The molecule has 0 saturated carbocycles. The summed E-state index contributed by atoms with van der Waals surface area (Å²) < 4.78 is 0. The standard InChI is InChI=1S/C14H23N5OS.ClH/c1-11-10-21-14(16-11)17-13(20)9-18-4-6-19(7-5-18)12-2-3-15-8-12;/h10,12,15H,2-9H2,1H3,(H,16,17,20);1H. The Kier molecular flexibility index (Phi) is 6.58. The summed E-state index contributed by atoms with van der Waals surface area (Å²) in [6.07, 6.45) is 1.25. The first kappa shape index (κ1) is 17.6. The van der Waals surface area contributed by atoms with Gasteiger partial charge < -0.3 is 10.6 Å². The second-order valence-corrected chi connectivity index (χ2v) is 6.66. The Labute approximate surface area is 141 Å². The maximum atomic E-state index is 12.0. The molecule has 1 aromatic rings. The van der Waals surface area contributed by atoms with Gasteiger partial charge in [0.2, 0.25) is 5.91 Å². The number of halogens is 1. The van der Waals surface area contributed by atoms with E-state index in [9.17, 15) is 4.79 Å². The van der Waals surface area contributed by atoms with Crippen LogP contribution in [0.2, 0.25) is 0 Å². The molecule has 1 aromatic heterocycles. The average Bonchev–Trinajstić information content (AvgIpc) is 3.11. The lowest BCUT2D eigenvalue weighted by molar-refractivity contribution is -0.117. The van der Waals surface area contributed by atoms with Crippen LogP contribution in [-0.2, 0) is 4.79 Å². The minimum Gasteiger partial charge on any atom is -0.315 e. The van der Waals surface area contributed by atoms with Gasteiger partial charge in [0.1, 0.15) is 0 Å². The Morgan fingerprint density at radius 3 is 2.82 bits per heavy atom. The Bertz CT molecular complexity index is 483. The molecule has 8 heteroatoms. The van der Waals surface area contributed by atoms with Crippen molar-refractivity contribution in [2.45, 2.75) is 19.4 Å². The van der Waals surface area contributed by atoms with E-state index < -0.39 is 0 Å². The predicted molar refractivity (Wildman–Crippen MR) is 92.0 cm³/mol. The number of anilines is 1. The number of thiazole rings is 1. The molecule has 2 fully saturated rings. The number of carbonyl (C=O) groups excluding carboxylic acids is 1. The van der Waals surface area contributed by atoms with Crippen LogP contribution < -0.4 is 10.6 Å². The molecule has 1 unspecified atom stereocenters. The van der Waals surface area contributed by atoms with Gasteiger partial charge in [-0.3, -0.25) is 14.6 Å². The first-order valence-electron chi connectivity index (χ1n) is 7.60. The third-order valence-electron chi connectivity index (χ3n) is 4.19. The third kappa shape index (κ3) is 4.63. The van der Waals surface area contributed by atoms with Crippen molar-refractivity contribution in [3.63, 3.8) is 0 Å². The van der Waals surface area contributed by atoms with E-state index in [1.807, 2.05) is 12.3 Å². The van der Waals surface area contributed by atoms with Gasteiger partial charge in [0.25, 0.3) is 0 Å². The van der Waals surface area contributed by atoms with Crippen molar-refractivity contribution < 1.29 is 4.79 Å². The normalized spacial score (nSPS) is 23.2. The van der Waals surface area contributed by atoms with E-state index >= 15 is 0 Å². The second-order valence-electron chi connectivity index (χ2n) is 5.80.